The molecule has 0 spiro atoms. The fourth-order valence-electron chi connectivity index (χ4n) is 3.08. The van der Waals surface area contributed by atoms with E-state index >= 15 is 0 Å². The second-order valence-electron chi connectivity index (χ2n) is 6.44. The maximum absolute atomic E-state index is 12.2. The molecule has 0 radical (unpaired) electrons. The van der Waals surface area contributed by atoms with Gasteiger partial charge in [-0.3, -0.25) is 4.79 Å². The highest BCUT2D eigenvalue weighted by Gasteiger charge is 2.21. The van der Waals surface area contributed by atoms with Gasteiger partial charge in [-0.05, 0) is 62.4 Å². The monoisotopic (exact) mass is 403 g/mol. The molecule has 28 heavy (non-hydrogen) atoms. The summed E-state index contributed by atoms with van der Waals surface area (Å²) < 4.78 is 16.1. The van der Waals surface area contributed by atoms with Crippen molar-refractivity contribution >= 4 is 23.2 Å². The molecule has 0 unspecified atom stereocenters. The summed E-state index contributed by atoms with van der Waals surface area (Å²) in [7, 11) is 0. The van der Waals surface area contributed by atoms with Gasteiger partial charge < -0.3 is 19.5 Å². The van der Waals surface area contributed by atoms with Crippen molar-refractivity contribution in [1.29, 1.82) is 0 Å². The SMILES string of the molecule is CCOc1ccc(OCCNC(=O)COC(=O)c2csc3c2CCCC3)cc1. The molecule has 1 heterocycles. The molecule has 1 aromatic heterocycles. The molecule has 1 aliphatic rings. The zero-order valence-electron chi connectivity index (χ0n) is 16.0. The highest BCUT2D eigenvalue weighted by atomic mass is 32.1. The van der Waals surface area contributed by atoms with Crippen LogP contribution in [0.3, 0.4) is 0 Å². The Kier molecular flexibility index (Phi) is 7.31. The van der Waals surface area contributed by atoms with Crippen molar-refractivity contribution in [1.82, 2.24) is 5.32 Å². The van der Waals surface area contributed by atoms with Gasteiger partial charge >= 0.3 is 5.97 Å². The Hall–Kier alpha value is -2.54. The van der Waals surface area contributed by atoms with Gasteiger partial charge in [-0.2, -0.15) is 0 Å². The first-order chi connectivity index (χ1) is 13.7. The summed E-state index contributed by atoms with van der Waals surface area (Å²) in [5.41, 5.74) is 1.72. The van der Waals surface area contributed by atoms with Crippen molar-refractivity contribution in [3.05, 3.63) is 45.6 Å². The zero-order chi connectivity index (χ0) is 19.8. The van der Waals surface area contributed by atoms with Crippen LogP contribution >= 0.6 is 11.3 Å². The molecular weight excluding hydrogens is 378 g/mol. The minimum absolute atomic E-state index is 0.285. The van der Waals surface area contributed by atoms with Crippen LogP contribution in [0.2, 0.25) is 0 Å². The number of hydrogen-bond acceptors (Lipinski definition) is 6. The third-order valence-electron chi connectivity index (χ3n) is 4.44. The minimum Gasteiger partial charge on any atom is -0.494 e. The molecule has 0 atom stereocenters. The van der Waals surface area contributed by atoms with Gasteiger partial charge in [0.15, 0.2) is 6.61 Å². The molecule has 0 saturated carbocycles. The van der Waals surface area contributed by atoms with Gasteiger partial charge in [0.1, 0.15) is 18.1 Å². The molecule has 0 aliphatic heterocycles. The number of amides is 1. The van der Waals surface area contributed by atoms with E-state index < -0.39 is 5.97 Å². The minimum atomic E-state index is -0.416. The Labute approximate surface area is 168 Å². The smallest absolute Gasteiger partial charge is 0.339 e. The van der Waals surface area contributed by atoms with Crippen LogP contribution in [0.15, 0.2) is 29.6 Å². The third kappa shape index (κ3) is 5.48. The van der Waals surface area contributed by atoms with Crippen LogP contribution in [0.4, 0.5) is 0 Å². The predicted molar refractivity (Wildman–Crippen MR) is 107 cm³/mol. The number of hydrogen-bond donors (Lipinski definition) is 1. The van der Waals surface area contributed by atoms with Crippen molar-refractivity contribution in [2.75, 3.05) is 26.4 Å². The second-order valence-corrected chi connectivity index (χ2v) is 7.40. The number of fused-ring (bicyclic) bond motifs is 1. The van der Waals surface area contributed by atoms with E-state index in [0.29, 0.717) is 31.1 Å². The lowest BCUT2D eigenvalue weighted by molar-refractivity contribution is -0.124. The molecular formula is C21H25NO5S. The number of esters is 1. The first-order valence-electron chi connectivity index (χ1n) is 9.56. The van der Waals surface area contributed by atoms with E-state index in [1.54, 1.807) is 11.3 Å². The second kappa shape index (κ2) is 10.1. The fourth-order valence-corrected chi connectivity index (χ4v) is 4.20. The summed E-state index contributed by atoms with van der Waals surface area (Å²) in [5, 5.41) is 4.53. The van der Waals surface area contributed by atoms with Gasteiger partial charge in [-0.1, -0.05) is 0 Å². The molecule has 1 aromatic carbocycles. The largest absolute Gasteiger partial charge is 0.494 e. The average molecular weight is 404 g/mol. The number of carbonyl (C=O) groups excluding carboxylic acids is 2. The molecule has 3 rings (SSSR count). The Morgan fingerprint density at radius 3 is 2.54 bits per heavy atom. The van der Waals surface area contributed by atoms with Crippen LogP contribution in [0, 0.1) is 0 Å². The van der Waals surface area contributed by atoms with Gasteiger partial charge in [0.25, 0.3) is 5.91 Å². The first-order valence-corrected chi connectivity index (χ1v) is 10.4. The lowest BCUT2D eigenvalue weighted by Crippen LogP contribution is -2.32. The van der Waals surface area contributed by atoms with Crippen LogP contribution in [0.25, 0.3) is 0 Å². The molecule has 2 aromatic rings. The Morgan fingerprint density at radius 2 is 1.79 bits per heavy atom. The van der Waals surface area contributed by atoms with Crippen molar-refractivity contribution in [2.45, 2.75) is 32.6 Å². The van der Waals surface area contributed by atoms with E-state index in [9.17, 15) is 9.59 Å². The van der Waals surface area contributed by atoms with Gasteiger partial charge in [0, 0.05) is 10.3 Å². The number of ether oxygens (including phenoxy) is 3. The van der Waals surface area contributed by atoms with E-state index in [2.05, 4.69) is 5.32 Å². The number of thiophene rings is 1. The number of benzene rings is 1. The quantitative estimate of drug-likeness (QED) is 0.513. The zero-order valence-corrected chi connectivity index (χ0v) is 16.8. The molecule has 0 saturated heterocycles. The molecule has 6 nitrogen and oxygen atoms in total. The van der Waals surface area contributed by atoms with Crippen molar-refractivity contribution in [2.24, 2.45) is 0 Å². The summed E-state index contributed by atoms with van der Waals surface area (Å²) in [4.78, 5) is 25.4. The Balaban J connectivity index is 1.34. The number of aryl methyl sites for hydroxylation is 1. The van der Waals surface area contributed by atoms with Gasteiger partial charge in [0.05, 0.1) is 18.7 Å². The van der Waals surface area contributed by atoms with E-state index in [0.717, 1.165) is 30.6 Å². The molecule has 150 valence electrons. The highest BCUT2D eigenvalue weighted by Crippen LogP contribution is 2.30. The van der Waals surface area contributed by atoms with E-state index in [4.69, 9.17) is 14.2 Å². The summed E-state index contributed by atoms with van der Waals surface area (Å²) in [6, 6.07) is 7.30. The van der Waals surface area contributed by atoms with Gasteiger partial charge in [-0.15, -0.1) is 11.3 Å². The highest BCUT2D eigenvalue weighted by molar-refractivity contribution is 7.10. The Morgan fingerprint density at radius 1 is 1.07 bits per heavy atom. The standard InChI is InChI=1S/C21H25NO5S/c1-2-25-15-7-9-16(10-8-15)26-12-11-22-20(23)13-27-21(24)18-14-28-19-6-4-3-5-17(18)19/h7-10,14H,2-6,11-13H2,1H3,(H,22,23). The van der Waals surface area contributed by atoms with Crippen LogP contribution in [-0.4, -0.2) is 38.2 Å². The van der Waals surface area contributed by atoms with E-state index in [-0.39, 0.29) is 12.5 Å². The normalized spacial score (nSPS) is 12.8. The summed E-state index contributed by atoms with van der Waals surface area (Å²) in [6.45, 7) is 2.92. The third-order valence-corrected chi connectivity index (χ3v) is 5.53. The van der Waals surface area contributed by atoms with Crippen molar-refractivity contribution < 1.29 is 23.8 Å². The summed E-state index contributed by atoms with van der Waals surface area (Å²) >= 11 is 1.61. The van der Waals surface area contributed by atoms with Crippen LogP contribution in [-0.2, 0) is 22.4 Å². The van der Waals surface area contributed by atoms with Crippen molar-refractivity contribution in [3.63, 3.8) is 0 Å². The molecule has 0 fully saturated rings. The molecule has 1 amide bonds. The molecule has 1 N–H and O–H groups in total. The maximum Gasteiger partial charge on any atom is 0.339 e. The van der Waals surface area contributed by atoms with Crippen LogP contribution < -0.4 is 14.8 Å². The van der Waals surface area contributed by atoms with Crippen LogP contribution in [0.1, 0.15) is 40.6 Å². The van der Waals surface area contributed by atoms with Gasteiger partial charge in [0.2, 0.25) is 0 Å². The summed E-state index contributed by atoms with van der Waals surface area (Å²) in [5.74, 6) is 0.733. The molecule has 1 aliphatic carbocycles. The number of nitrogens with one attached hydrogen (secondary N) is 1. The fraction of sp³-hybridized carbons (Fsp3) is 0.429. The lowest BCUT2D eigenvalue weighted by Gasteiger charge is -2.12. The molecule has 7 heteroatoms. The number of carbonyl (C=O) groups is 2. The topological polar surface area (TPSA) is 73.9 Å². The lowest BCUT2D eigenvalue weighted by atomic mass is 9.96. The summed E-state index contributed by atoms with van der Waals surface area (Å²) in [6.07, 6.45) is 4.21. The maximum atomic E-state index is 12.2. The van der Waals surface area contributed by atoms with Crippen molar-refractivity contribution in [3.8, 4) is 11.5 Å². The number of rotatable bonds is 9. The van der Waals surface area contributed by atoms with E-state index in [1.807, 2.05) is 36.6 Å². The van der Waals surface area contributed by atoms with Gasteiger partial charge in [-0.25, -0.2) is 4.79 Å². The van der Waals surface area contributed by atoms with E-state index in [1.165, 1.54) is 11.3 Å². The van der Waals surface area contributed by atoms with Crippen LogP contribution in [0.5, 0.6) is 11.5 Å². The first kappa shape index (κ1) is 20.2. The predicted octanol–water partition coefficient (Wildman–Crippen LogP) is 3.38. The molecule has 0 bridgehead atoms. The Bertz CT molecular complexity index is 800. The average Bonchev–Trinajstić information content (AvgIpc) is 3.15.